The van der Waals surface area contributed by atoms with E-state index in [-0.39, 0.29) is 23.8 Å². The van der Waals surface area contributed by atoms with Crippen molar-refractivity contribution in [2.24, 2.45) is 12.8 Å². The molecule has 1 fully saturated rings. The molecule has 0 saturated carbocycles. The predicted octanol–water partition coefficient (Wildman–Crippen LogP) is 1.26. The molecule has 39 heavy (non-hydrogen) atoms. The number of hydrogen-bond donors (Lipinski definition) is 2. The van der Waals surface area contributed by atoms with Crippen molar-refractivity contribution in [2.75, 3.05) is 37.0 Å². The number of imidazole rings is 1. The van der Waals surface area contributed by atoms with E-state index in [1.54, 1.807) is 35.9 Å². The number of fused-ring (bicyclic) bond motifs is 1. The average Bonchev–Trinajstić information content (AvgIpc) is 3.31. The molecule has 2 aromatic heterocycles. The zero-order valence-corrected chi connectivity index (χ0v) is 22.8. The number of methoxy groups -OCH3 is 1. The van der Waals surface area contributed by atoms with Crippen LogP contribution in [-0.4, -0.2) is 63.2 Å². The monoisotopic (exact) mass is 537 g/mol. The smallest absolute Gasteiger partial charge is 0.332 e. The fraction of sp³-hybridized carbons (Fsp3) is 0.444. The average molecular weight is 538 g/mol. The second kappa shape index (κ2) is 11.7. The van der Waals surface area contributed by atoms with Crippen LogP contribution in [0.1, 0.15) is 37.0 Å². The van der Waals surface area contributed by atoms with Crippen molar-refractivity contribution in [3.8, 4) is 0 Å². The number of hydrogen-bond acceptors (Lipinski definition) is 9. The number of carbonyl (C=O) groups is 2. The molecular weight excluding hydrogens is 502 g/mol. The van der Waals surface area contributed by atoms with Crippen molar-refractivity contribution in [3.63, 3.8) is 0 Å². The number of benzene rings is 1. The van der Waals surface area contributed by atoms with Gasteiger partial charge in [0, 0.05) is 44.0 Å². The first-order valence-electron chi connectivity index (χ1n) is 12.9. The summed E-state index contributed by atoms with van der Waals surface area (Å²) in [6, 6.07) is 6.51. The molecule has 3 aromatic rings. The Morgan fingerprint density at radius 3 is 2.69 bits per heavy atom. The van der Waals surface area contributed by atoms with Crippen molar-refractivity contribution in [1.82, 2.24) is 18.7 Å². The van der Waals surface area contributed by atoms with Gasteiger partial charge in [0.15, 0.2) is 16.9 Å². The lowest BCUT2D eigenvalue weighted by Crippen LogP contribution is -2.44. The molecule has 3 N–H and O–H groups in total. The van der Waals surface area contributed by atoms with Crippen molar-refractivity contribution < 1.29 is 14.3 Å². The number of anilines is 2. The maximum atomic E-state index is 13.8. The van der Waals surface area contributed by atoms with Crippen molar-refractivity contribution in [3.05, 3.63) is 62.3 Å². The molecule has 0 bridgehead atoms. The number of rotatable bonds is 9. The van der Waals surface area contributed by atoms with Gasteiger partial charge < -0.3 is 25.3 Å². The van der Waals surface area contributed by atoms with Gasteiger partial charge in [0.25, 0.3) is 5.56 Å². The second-order valence-electron chi connectivity index (χ2n) is 9.99. The van der Waals surface area contributed by atoms with Gasteiger partial charge in [-0.15, -0.1) is 0 Å². The van der Waals surface area contributed by atoms with Crippen molar-refractivity contribution in [1.29, 1.82) is 0 Å². The quantitative estimate of drug-likeness (QED) is 0.234. The van der Waals surface area contributed by atoms with Gasteiger partial charge in [0.1, 0.15) is 6.54 Å². The minimum atomic E-state index is -0.630. The summed E-state index contributed by atoms with van der Waals surface area (Å²) in [5.74, 6) is -0.295. The highest BCUT2D eigenvalue weighted by atomic mass is 16.5. The van der Waals surface area contributed by atoms with Crippen molar-refractivity contribution >= 4 is 34.6 Å². The lowest BCUT2D eigenvalue weighted by molar-refractivity contribution is -0.138. The van der Waals surface area contributed by atoms with Crippen LogP contribution in [0.15, 0.2) is 45.5 Å². The van der Waals surface area contributed by atoms with Gasteiger partial charge >= 0.3 is 11.7 Å². The third kappa shape index (κ3) is 5.95. The van der Waals surface area contributed by atoms with Crippen molar-refractivity contribution in [2.45, 2.75) is 45.8 Å². The molecule has 1 aliphatic heterocycles. The van der Waals surface area contributed by atoms with E-state index >= 15 is 0 Å². The molecule has 1 atom stereocenters. The van der Waals surface area contributed by atoms with E-state index in [9.17, 15) is 19.2 Å². The second-order valence-corrected chi connectivity index (χ2v) is 9.99. The summed E-state index contributed by atoms with van der Waals surface area (Å²) in [6.45, 7) is 5.15. The lowest BCUT2D eigenvalue weighted by Gasteiger charge is -2.31. The standard InChI is InChI=1S/C27H35N7O5/c1-17(2)10-12-33-23-24(30-26(33)32-11-6-8-19(28)15-32)31(3)27(38)34(25(23)37)16-21(35)18-7-5-9-20(13-18)29-14-22(36)39-4/h5,7,9-10,13,19,29H,6,8,11-12,14-16,28H2,1-4H3. The largest absolute Gasteiger partial charge is 0.468 e. The Morgan fingerprint density at radius 2 is 2.00 bits per heavy atom. The number of carbonyl (C=O) groups excluding carboxylic acids is 2. The number of nitrogens with zero attached hydrogens (tertiary/aromatic N) is 5. The number of allylic oxidation sites excluding steroid dienone is 2. The van der Waals surface area contributed by atoms with Crippen LogP contribution in [0, 0.1) is 0 Å². The third-order valence-corrected chi connectivity index (χ3v) is 6.79. The first kappa shape index (κ1) is 27.8. The molecular formula is C27H35N7O5. The number of piperidine rings is 1. The van der Waals surface area contributed by atoms with Gasteiger partial charge in [-0.1, -0.05) is 23.8 Å². The number of ether oxygens (including phenoxy) is 1. The molecule has 12 nitrogen and oxygen atoms in total. The van der Waals surface area contributed by atoms with E-state index in [4.69, 9.17) is 10.7 Å². The number of ketones is 1. The summed E-state index contributed by atoms with van der Waals surface area (Å²) in [6.07, 6.45) is 3.80. The molecule has 1 aliphatic rings. The van der Waals surface area contributed by atoms with E-state index in [2.05, 4.69) is 15.0 Å². The van der Waals surface area contributed by atoms with Crippen LogP contribution in [0.4, 0.5) is 11.6 Å². The Morgan fingerprint density at radius 1 is 1.23 bits per heavy atom. The van der Waals surface area contributed by atoms with E-state index in [1.807, 2.05) is 19.9 Å². The van der Waals surface area contributed by atoms with Gasteiger partial charge in [0.05, 0.1) is 13.7 Å². The fourth-order valence-corrected chi connectivity index (χ4v) is 4.66. The van der Waals surface area contributed by atoms with Crippen LogP contribution in [0.2, 0.25) is 0 Å². The summed E-state index contributed by atoms with van der Waals surface area (Å²) in [7, 11) is 2.83. The highest BCUT2D eigenvalue weighted by Gasteiger charge is 2.26. The molecule has 1 saturated heterocycles. The molecule has 0 spiro atoms. The summed E-state index contributed by atoms with van der Waals surface area (Å²) < 4.78 is 8.69. The summed E-state index contributed by atoms with van der Waals surface area (Å²) in [5.41, 5.74) is 7.42. The van der Waals surface area contributed by atoms with E-state index in [0.29, 0.717) is 30.3 Å². The molecule has 0 radical (unpaired) electrons. The van der Waals surface area contributed by atoms with Gasteiger partial charge in [-0.2, -0.15) is 4.98 Å². The third-order valence-electron chi connectivity index (χ3n) is 6.79. The highest BCUT2D eigenvalue weighted by molar-refractivity contribution is 5.97. The van der Waals surface area contributed by atoms with Crippen LogP contribution in [0.3, 0.4) is 0 Å². The van der Waals surface area contributed by atoms with E-state index in [0.717, 1.165) is 29.5 Å². The zero-order valence-electron chi connectivity index (χ0n) is 22.8. The molecule has 3 heterocycles. The molecule has 1 unspecified atom stereocenters. The molecule has 208 valence electrons. The van der Waals surface area contributed by atoms with E-state index < -0.39 is 29.5 Å². The Balaban J connectivity index is 1.76. The van der Waals surface area contributed by atoms with Crippen LogP contribution < -0.4 is 27.2 Å². The Labute approximate surface area is 225 Å². The molecule has 0 aliphatic carbocycles. The molecule has 12 heteroatoms. The molecule has 4 rings (SSSR count). The van der Waals surface area contributed by atoms with Crippen LogP contribution in [-0.2, 0) is 29.7 Å². The summed E-state index contributed by atoms with van der Waals surface area (Å²) in [4.78, 5) is 58.5. The minimum Gasteiger partial charge on any atom is -0.468 e. The topological polar surface area (TPSA) is 146 Å². The highest BCUT2D eigenvalue weighted by Crippen LogP contribution is 2.23. The maximum absolute atomic E-state index is 13.8. The number of aryl methyl sites for hydroxylation is 1. The number of nitrogens with two attached hydrogens (primary N) is 1. The lowest BCUT2D eigenvalue weighted by atomic mass is 10.1. The SMILES string of the molecule is COC(=O)CNc1cccc(C(=O)Cn2c(=O)c3c(nc(N4CCCC(N)C4)n3CC=C(C)C)n(C)c2=O)c1. The van der Waals surface area contributed by atoms with Gasteiger partial charge in [-0.25, -0.2) is 4.79 Å². The number of nitrogens with one attached hydrogen (secondary N) is 1. The molecule has 1 aromatic carbocycles. The number of esters is 1. The Bertz CT molecular complexity index is 1540. The summed E-state index contributed by atoms with van der Waals surface area (Å²) >= 11 is 0. The molecule has 0 amide bonds. The summed E-state index contributed by atoms with van der Waals surface area (Å²) in [5, 5.41) is 2.89. The van der Waals surface area contributed by atoms with Gasteiger partial charge in [0.2, 0.25) is 5.95 Å². The van der Waals surface area contributed by atoms with Crippen LogP contribution in [0.5, 0.6) is 0 Å². The predicted molar refractivity (Wildman–Crippen MR) is 149 cm³/mol. The normalized spacial score (nSPS) is 15.3. The maximum Gasteiger partial charge on any atom is 0.332 e. The zero-order chi connectivity index (χ0) is 28.3. The first-order chi connectivity index (χ1) is 18.6. The number of aromatic nitrogens is 4. The van der Waals surface area contributed by atoms with Crippen LogP contribution >= 0.6 is 0 Å². The fourth-order valence-electron chi connectivity index (χ4n) is 4.66. The van der Waals surface area contributed by atoms with Crippen LogP contribution in [0.25, 0.3) is 11.2 Å². The Hall–Kier alpha value is -4.19. The minimum absolute atomic E-state index is 0.00793. The van der Waals surface area contributed by atoms with E-state index in [1.165, 1.54) is 11.7 Å². The van der Waals surface area contributed by atoms with Gasteiger partial charge in [-0.3, -0.25) is 23.5 Å². The Kier molecular flexibility index (Phi) is 8.34. The first-order valence-corrected chi connectivity index (χ1v) is 12.9. The van der Waals surface area contributed by atoms with Gasteiger partial charge in [-0.05, 0) is 38.8 Å². The number of Topliss-reactive ketones (excluding diaryl/α,β-unsaturated/α-hetero) is 1.